The van der Waals surface area contributed by atoms with Crippen LogP contribution in [0.5, 0.6) is 0 Å². The third-order valence-electron chi connectivity index (χ3n) is 2.90. The first-order valence-corrected chi connectivity index (χ1v) is 6.21. The van der Waals surface area contributed by atoms with E-state index < -0.39 is 0 Å². The van der Waals surface area contributed by atoms with Crippen molar-refractivity contribution in [2.75, 3.05) is 12.4 Å². The number of benzene rings is 1. The van der Waals surface area contributed by atoms with Gasteiger partial charge in [0, 0.05) is 5.69 Å². The Bertz CT molecular complexity index is 543. The Morgan fingerprint density at radius 1 is 1.32 bits per heavy atom. The molecule has 0 amide bonds. The molecule has 19 heavy (non-hydrogen) atoms. The van der Waals surface area contributed by atoms with Crippen molar-refractivity contribution in [3.8, 4) is 0 Å². The van der Waals surface area contributed by atoms with Gasteiger partial charge < -0.3 is 14.5 Å². The molecule has 0 aliphatic carbocycles. The van der Waals surface area contributed by atoms with Crippen molar-refractivity contribution in [1.82, 2.24) is 0 Å². The van der Waals surface area contributed by atoms with Crippen LogP contribution in [0, 0.1) is 0 Å². The number of rotatable bonds is 5. The van der Waals surface area contributed by atoms with Crippen LogP contribution < -0.4 is 5.32 Å². The highest BCUT2D eigenvalue weighted by atomic mass is 16.5. The topological polar surface area (TPSA) is 51.5 Å². The SMILES string of the molecule is CCc1ccc(NCc2cc(C(=O)OC)co2)cc1. The molecule has 0 saturated carbocycles. The van der Waals surface area contributed by atoms with Crippen LogP contribution in [0.25, 0.3) is 0 Å². The minimum atomic E-state index is -0.387. The summed E-state index contributed by atoms with van der Waals surface area (Å²) < 4.78 is 9.91. The van der Waals surface area contributed by atoms with Crippen LogP contribution in [0.15, 0.2) is 41.0 Å². The van der Waals surface area contributed by atoms with Crippen LogP contribution in [0.2, 0.25) is 0 Å². The molecule has 0 aliphatic heterocycles. The molecule has 0 fully saturated rings. The molecule has 1 aromatic carbocycles. The molecule has 0 radical (unpaired) electrons. The molecule has 0 bridgehead atoms. The Kier molecular flexibility index (Phi) is 4.23. The number of aryl methyl sites for hydroxylation is 1. The van der Waals surface area contributed by atoms with Crippen molar-refractivity contribution in [1.29, 1.82) is 0 Å². The summed E-state index contributed by atoms with van der Waals surface area (Å²) in [6.07, 6.45) is 2.43. The Morgan fingerprint density at radius 2 is 2.05 bits per heavy atom. The third kappa shape index (κ3) is 3.37. The van der Waals surface area contributed by atoms with E-state index in [1.54, 1.807) is 6.07 Å². The zero-order valence-corrected chi connectivity index (χ0v) is 11.1. The standard InChI is InChI=1S/C15H17NO3/c1-3-11-4-6-13(7-5-11)16-9-14-8-12(10-19-14)15(17)18-2/h4-8,10,16H,3,9H2,1-2H3. The van der Waals surface area contributed by atoms with Gasteiger partial charge in [-0.05, 0) is 30.2 Å². The van der Waals surface area contributed by atoms with Crippen molar-refractivity contribution in [2.45, 2.75) is 19.9 Å². The largest absolute Gasteiger partial charge is 0.467 e. The molecule has 4 heteroatoms. The van der Waals surface area contributed by atoms with E-state index in [1.807, 2.05) is 12.1 Å². The molecule has 2 rings (SSSR count). The van der Waals surface area contributed by atoms with Crippen LogP contribution in [0.1, 0.15) is 28.6 Å². The molecule has 1 aromatic heterocycles. The monoisotopic (exact) mass is 259 g/mol. The molecule has 100 valence electrons. The molecule has 4 nitrogen and oxygen atoms in total. The lowest BCUT2D eigenvalue weighted by atomic mass is 10.1. The van der Waals surface area contributed by atoms with Gasteiger partial charge in [-0.1, -0.05) is 19.1 Å². The van der Waals surface area contributed by atoms with Crippen LogP contribution in [-0.2, 0) is 17.7 Å². The highest BCUT2D eigenvalue weighted by Gasteiger charge is 2.09. The van der Waals surface area contributed by atoms with Crippen LogP contribution in [0.4, 0.5) is 5.69 Å². The second-order valence-electron chi connectivity index (χ2n) is 4.20. The number of esters is 1. The van der Waals surface area contributed by atoms with E-state index in [9.17, 15) is 4.79 Å². The van der Waals surface area contributed by atoms with Gasteiger partial charge in [0.25, 0.3) is 0 Å². The van der Waals surface area contributed by atoms with E-state index in [1.165, 1.54) is 18.9 Å². The van der Waals surface area contributed by atoms with Crippen molar-refractivity contribution in [3.63, 3.8) is 0 Å². The second-order valence-corrected chi connectivity index (χ2v) is 4.20. The van der Waals surface area contributed by atoms with Gasteiger partial charge in [0.1, 0.15) is 12.0 Å². The Morgan fingerprint density at radius 3 is 2.68 bits per heavy atom. The molecule has 1 N–H and O–H groups in total. The summed E-state index contributed by atoms with van der Waals surface area (Å²) in [6, 6.07) is 9.92. The lowest BCUT2D eigenvalue weighted by molar-refractivity contribution is 0.0600. The van der Waals surface area contributed by atoms with Crippen molar-refractivity contribution < 1.29 is 13.9 Å². The maximum absolute atomic E-state index is 11.3. The zero-order valence-electron chi connectivity index (χ0n) is 11.1. The molecule has 0 aliphatic rings. The number of hydrogen-bond acceptors (Lipinski definition) is 4. The highest BCUT2D eigenvalue weighted by molar-refractivity contribution is 5.88. The minimum absolute atomic E-state index is 0.387. The number of furan rings is 1. The highest BCUT2D eigenvalue weighted by Crippen LogP contribution is 2.14. The lowest BCUT2D eigenvalue weighted by Gasteiger charge is -2.04. The molecule has 2 aromatic rings. The van der Waals surface area contributed by atoms with E-state index >= 15 is 0 Å². The van der Waals surface area contributed by atoms with Gasteiger partial charge in [-0.25, -0.2) is 4.79 Å². The van der Waals surface area contributed by atoms with E-state index in [0.717, 1.165) is 12.1 Å². The Labute approximate surface area is 112 Å². The summed E-state index contributed by atoms with van der Waals surface area (Å²) in [6.45, 7) is 2.65. The van der Waals surface area contributed by atoms with Crippen molar-refractivity contribution in [2.24, 2.45) is 0 Å². The summed E-state index contributed by atoms with van der Waals surface area (Å²) in [4.78, 5) is 11.3. The number of hydrogen-bond donors (Lipinski definition) is 1. The molecule has 0 spiro atoms. The first kappa shape index (κ1) is 13.2. The summed E-state index contributed by atoms with van der Waals surface area (Å²) in [5.41, 5.74) is 2.75. The normalized spacial score (nSPS) is 10.2. The van der Waals surface area contributed by atoms with Crippen LogP contribution in [0.3, 0.4) is 0 Å². The minimum Gasteiger partial charge on any atom is -0.467 e. The van der Waals surface area contributed by atoms with E-state index in [2.05, 4.69) is 29.1 Å². The number of methoxy groups -OCH3 is 1. The summed E-state index contributed by atoms with van der Waals surface area (Å²) in [7, 11) is 1.35. The number of carbonyl (C=O) groups is 1. The predicted octanol–water partition coefficient (Wildman–Crippen LogP) is 3.24. The van der Waals surface area contributed by atoms with E-state index in [-0.39, 0.29) is 5.97 Å². The number of ether oxygens (including phenoxy) is 1. The fourth-order valence-electron chi connectivity index (χ4n) is 1.75. The average Bonchev–Trinajstić information content (AvgIpc) is 2.93. The zero-order chi connectivity index (χ0) is 13.7. The third-order valence-corrected chi connectivity index (χ3v) is 2.90. The fraction of sp³-hybridized carbons (Fsp3) is 0.267. The van der Waals surface area contributed by atoms with Gasteiger partial charge in [-0.2, -0.15) is 0 Å². The average molecular weight is 259 g/mol. The Hall–Kier alpha value is -2.23. The van der Waals surface area contributed by atoms with E-state index in [0.29, 0.717) is 17.9 Å². The predicted molar refractivity (Wildman–Crippen MR) is 73.2 cm³/mol. The number of carbonyl (C=O) groups excluding carboxylic acids is 1. The van der Waals surface area contributed by atoms with Gasteiger partial charge in [0.05, 0.1) is 19.2 Å². The van der Waals surface area contributed by atoms with Crippen molar-refractivity contribution in [3.05, 3.63) is 53.5 Å². The summed E-state index contributed by atoms with van der Waals surface area (Å²) >= 11 is 0. The molecular formula is C15H17NO3. The Balaban J connectivity index is 1.94. The quantitative estimate of drug-likeness (QED) is 0.837. The molecular weight excluding hydrogens is 242 g/mol. The first-order chi connectivity index (χ1) is 9.22. The van der Waals surface area contributed by atoms with Crippen LogP contribution >= 0.6 is 0 Å². The first-order valence-electron chi connectivity index (χ1n) is 6.21. The number of nitrogens with one attached hydrogen (secondary N) is 1. The molecule has 0 unspecified atom stereocenters. The van der Waals surface area contributed by atoms with Gasteiger partial charge in [-0.3, -0.25) is 0 Å². The van der Waals surface area contributed by atoms with Gasteiger partial charge in [-0.15, -0.1) is 0 Å². The van der Waals surface area contributed by atoms with Gasteiger partial charge >= 0.3 is 5.97 Å². The summed E-state index contributed by atoms with van der Waals surface area (Å²) in [5, 5.41) is 3.24. The molecule has 0 atom stereocenters. The smallest absolute Gasteiger partial charge is 0.341 e. The van der Waals surface area contributed by atoms with Crippen molar-refractivity contribution >= 4 is 11.7 Å². The number of anilines is 1. The lowest BCUT2D eigenvalue weighted by Crippen LogP contribution is -2.00. The summed E-state index contributed by atoms with van der Waals surface area (Å²) in [5.74, 6) is 0.308. The maximum Gasteiger partial charge on any atom is 0.341 e. The van der Waals surface area contributed by atoms with Gasteiger partial charge in [0.2, 0.25) is 0 Å². The second kappa shape index (κ2) is 6.09. The molecule has 1 heterocycles. The van der Waals surface area contributed by atoms with E-state index in [4.69, 9.17) is 4.42 Å². The maximum atomic E-state index is 11.3. The van der Waals surface area contributed by atoms with Gasteiger partial charge in [0.15, 0.2) is 0 Å². The fourth-order valence-corrected chi connectivity index (χ4v) is 1.75. The molecule has 0 saturated heterocycles. The van der Waals surface area contributed by atoms with Crippen LogP contribution in [-0.4, -0.2) is 13.1 Å².